The first-order valence-corrected chi connectivity index (χ1v) is 5.22. The molecule has 0 spiro atoms. The van der Waals surface area contributed by atoms with E-state index < -0.39 is 5.97 Å². The Morgan fingerprint density at radius 2 is 1.94 bits per heavy atom. The van der Waals surface area contributed by atoms with Gasteiger partial charge in [-0.05, 0) is 12.1 Å². The second kappa shape index (κ2) is 5.84. The predicted molar refractivity (Wildman–Crippen MR) is 63.6 cm³/mol. The van der Waals surface area contributed by atoms with Crippen LogP contribution in [0.25, 0.3) is 6.08 Å². The van der Waals surface area contributed by atoms with Gasteiger partial charge in [-0.3, -0.25) is 4.79 Å². The molecule has 0 atom stereocenters. The monoisotopic (exact) mass is 234 g/mol. The van der Waals surface area contributed by atoms with Crippen LogP contribution in [0.2, 0.25) is 0 Å². The Morgan fingerprint density at radius 3 is 2.53 bits per heavy atom. The summed E-state index contributed by atoms with van der Waals surface area (Å²) in [6.07, 6.45) is 2.40. The molecule has 0 aromatic heterocycles. The molecule has 0 aliphatic heterocycles. The molecule has 0 radical (unpaired) electrons. The molecular formula is C13H14O4. The van der Waals surface area contributed by atoms with E-state index in [4.69, 9.17) is 9.84 Å². The van der Waals surface area contributed by atoms with Gasteiger partial charge in [-0.15, -0.1) is 0 Å². The lowest BCUT2D eigenvalue weighted by atomic mass is 10.2. The van der Waals surface area contributed by atoms with Crippen molar-refractivity contribution in [2.45, 2.75) is 13.8 Å². The molecule has 0 saturated carbocycles. The van der Waals surface area contributed by atoms with Crippen molar-refractivity contribution in [3.8, 4) is 5.75 Å². The fraction of sp³-hybridized carbons (Fsp3) is 0.231. The molecule has 90 valence electrons. The van der Waals surface area contributed by atoms with Gasteiger partial charge in [0, 0.05) is 11.6 Å². The lowest BCUT2D eigenvalue weighted by Gasteiger charge is -2.08. The van der Waals surface area contributed by atoms with Gasteiger partial charge in [-0.1, -0.05) is 32.0 Å². The van der Waals surface area contributed by atoms with Crippen LogP contribution in [-0.4, -0.2) is 17.0 Å². The summed E-state index contributed by atoms with van der Waals surface area (Å²) in [5, 5.41) is 8.54. The highest BCUT2D eigenvalue weighted by atomic mass is 16.5. The van der Waals surface area contributed by atoms with Gasteiger partial charge in [0.25, 0.3) is 0 Å². The first kappa shape index (κ1) is 13.0. The van der Waals surface area contributed by atoms with Gasteiger partial charge in [0.1, 0.15) is 5.75 Å². The van der Waals surface area contributed by atoms with E-state index in [-0.39, 0.29) is 11.9 Å². The fourth-order valence-corrected chi connectivity index (χ4v) is 1.10. The summed E-state index contributed by atoms with van der Waals surface area (Å²) in [5.74, 6) is -1.26. The molecular weight excluding hydrogens is 220 g/mol. The molecule has 0 aliphatic rings. The highest BCUT2D eigenvalue weighted by Gasteiger charge is 2.11. The van der Waals surface area contributed by atoms with E-state index in [1.807, 2.05) is 0 Å². The summed E-state index contributed by atoms with van der Waals surface area (Å²) in [7, 11) is 0. The molecule has 1 aromatic carbocycles. The number of hydrogen-bond acceptors (Lipinski definition) is 3. The van der Waals surface area contributed by atoms with Crippen molar-refractivity contribution in [3.63, 3.8) is 0 Å². The highest BCUT2D eigenvalue weighted by Crippen LogP contribution is 2.20. The number of benzene rings is 1. The van der Waals surface area contributed by atoms with Crippen LogP contribution in [0.4, 0.5) is 0 Å². The number of esters is 1. The minimum Gasteiger partial charge on any atom is -0.478 e. The van der Waals surface area contributed by atoms with Gasteiger partial charge in [-0.2, -0.15) is 0 Å². The molecule has 0 fully saturated rings. The number of para-hydroxylation sites is 1. The first-order valence-electron chi connectivity index (χ1n) is 5.22. The third kappa shape index (κ3) is 4.10. The second-order valence-corrected chi connectivity index (χ2v) is 3.79. The second-order valence-electron chi connectivity index (χ2n) is 3.79. The molecule has 0 heterocycles. The maximum absolute atomic E-state index is 11.4. The maximum Gasteiger partial charge on any atom is 0.328 e. The summed E-state index contributed by atoms with van der Waals surface area (Å²) in [5.41, 5.74) is 0.559. The average Bonchev–Trinajstić information content (AvgIpc) is 2.27. The van der Waals surface area contributed by atoms with Crippen molar-refractivity contribution in [2.75, 3.05) is 0 Å². The smallest absolute Gasteiger partial charge is 0.328 e. The fourth-order valence-electron chi connectivity index (χ4n) is 1.10. The van der Waals surface area contributed by atoms with Crippen LogP contribution in [0.1, 0.15) is 19.4 Å². The van der Waals surface area contributed by atoms with E-state index >= 15 is 0 Å². The molecule has 1 rings (SSSR count). The molecule has 1 N–H and O–H groups in total. The summed E-state index contributed by atoms with van der Waals surface area (Å²) < 4.78 is 5.16. The van der Waals surface area contributed by atoms with Crippen molar-refractivity contribution in [3.05, 3.63) is 35.9 Å². The van der Waals surface area contributed by atoms with Gasteiger partial charge in [0.2, 0.25) is 0 Å². The van der Waals surface area contributed by atoms with E-state index in [9.17, 15) is 9.59 Å². The van der Waals surface area contributed by atoms with Crippen LogP contribution in [0.3, 0.4) is 0 Å². The Balaban J connectivity index is 2.92. The minimum atomic E-state index is -1.05. The number of carboxylic acid groups (broad SMARTS) is 1. The van der Waals surface area contributed by atoms with Crippen LogP contribution in [0.5, 0.6) is 5.75 Å². The van der Waals surface area contributed by atoms with Crippen LogP contribution in [0, 0.1) is 5.92 Å². The number of carbonyl (C=O) groups is 2. The average molecular weight is 234 g/mol. The van der Waals surface area contributed by atoms with Crippen LogP contribution in [0.15, 0.2) is 30.3 Å². The normalized spacial score (nSPS) is 10.8. The number of rotatable bonds is 4. The predicted octanol–water partition coefficient (Wildman–Crippen LogP) is 2.35. The Hall–Kier alpha value is -2.10. The number of carbonyl (C=O) groups excluding carboxylic acids is 1. The van der Waals surface area contributed by atoms with E-state index in [1.54, 1.807) is 38.1 Å². The third-order valence-electron chi connectivity index (χ3n) is 2.01. The van der Waals surface area contributed by atoms with Crippen molar-refractivity contribution in [1.82, 2.24) is 0 Å². The Bertz CT molecular complexity index is 446. The van der Waals surface area contributed by atoms with E-state index in [1.165, 1.54) is 6.08 Å². The van der Waals surface area contributed by atoms with E-state index in [0.29, 0.717) is 11.3 Å². The Kier molecular flexibility index (Phi) is 4.46. The van der Waals surface area contributed by atoms with Crippen molar-refractivity contribution < 1.29 is 19.4 Å². The quantitative estimate of drug-likeness (QED) is 0.493. The minimum absolute atomic E-state index is 0.230. The van der Waals surface area contributed by atoms with Crippen LogP contribution >= 0.6 is 0 Å². The zero-order chi connectivity index (χ0) is 12.8. The van der Waals surface area contributed by atoms with Gasteiger partial charge < -0.3 is 9.84 Å². The first-order chi connectivity index (χ1) is 8.00. The largest absolute Gasteiger partial charge is 0.478 e. The van der Waals surface area contributed by atoms with Crippen LogP contribution < -0.4 is 4.74 Å². The highest BCUT2D eigenvalue weighted by molar-refractivity contribution is 5.86. The summed E-state index contributed by atoms with van der Waals surface area (Å²) in [4.78, 5) is 21.9. The van der Waals surface area contributed by atoms with Gasteiger partial charge in [0.15, 0.2) is 0 Å². The number of hydrogen-bond donors (Lipinski definition) is 1. The zero-order valence-electron chi connectivity index (χ0n) is 9.71. The van der Waals surface area contributed by atoms with Crippen molar-refractivity contribution in [1.29, 1.82) is 0 Å². The maximum atomic E-state index is 11.4. The molecule has 4 heteroatoms. The van der Waals surface area contributed by atoms with Gasteiger partial charge in [-0.25, -0.2) is 4.79 Å². The van der Waals surface area contributed by atoms with E-state index in [2.05, 4.69) is 0 Å². The topological polar surface area (TPSA) is 63.6 Å². The molecule has 0 saturated heterocycles. The Labute approximate surface area is 99.5 Å². The third-order valence-corrected chi connectivity index (χ3v) is 2.01. The summed E-state index contributed by atoms with van der Waals surface area (Å²) >= 11 is 0. The van der Waals surface area contributed by atoms with Crippen LogP contribution in [-0.2, 0) is 9.59 Å². The molecule has 0 amide bonds. The molecule has 4 nitrogen and oxygen atoms in total. The lowest BCUT2D eigenvalue weighted by Crippen LogP contribution is -2.15. The van der Waals surface area contributed by atoms with Crippen molar-refractivity contribution in [2.24, 2.45) is 5.92 Å². The van der Waals surface area contributed by atoms with Gasteiger partial charge in [0.05, 0.1) is 5.92 Å². The zero-order valence-corrected chi connectivity index (χ0v) is 9.71. The molecule has 0 aliphatic carbocycles. The number of ether oxygens (including phenoxy) is 1. The number of carboxylic acids is 1. The van der Waals surface area contributed by atoms with Crippen molar-refractivity contribution >= 4 is 18.0 Å². The Morgan fingerprint density at radius 1 is 1.29 bits per heavy atom. The standard InChI is InChI=1S/C13H14O4/c1-9(2)13(16)17-11-6-4-3-5-10(11)7-8-12(14)15/h3-9H,1-2H3,(H,14,15)/b8-7-. The summed E-state index contributed by atoms with van der Waals surface area (Å²) in [6.45, 7) is 3.47. The lowest BCUT2D eigenvalue weighted by molar-refractivity contribution is -0.137. The summed E-state index contributed by atoms with van der Waals surface area (Å²) in [6, 6.07) is 6.78. The molecule has 0 bridgehead atoms. The van der Waals surface area contributed by atoms with E-state index in [0.717, 1.165) is 6.08 Å². The SMILES string of the molecule is CC(C)C(=O)Oc1ccccc1/C=C\C(=O)O. The molecule has 0 unspecified atom stereocenters. The molecule has 1 aromatic rings. The molecule has 17 heavy (non-hydrogen) atoms. The van der Waals surface area contributed by atoms with Gasteiger partial charge >= 0.3 is 11.9 Å². The number of aliphatic carboxylic acids is 1.